The molecule has 2 aliphatic heterocycles. The molecule has 28 heavy (non-hydrogen) atoms. The average molecular weight is 383 g/mol. The Kier molecular flexibility index (Phi) is 4.16. The number of anilines is 1. The van der Waals surface area contributed by atoms with Gasteiger partial charge >= 0.3 is 6.09 Å². The number of nitrogens with zero attached hydrogens (tertiary/aromatic N) is 4. The van der Waals surface area contributed by atoms with Crippen LogP contribution in [0.4, 0.5) is 10.5 Å². The monoisotopic (exact) mass is 383 g/mol. The summed E-state index contributed by atoms with van der Waals surface area (Å²) in [5.74, 6) is 1.31. The molecule has 3 aromatic heterocycles. The number of carbonyl (C=O) groups excluding carboxylic acids is 1. The molecule has 0 spiro atoms. The third-order valence-electron chi connectivity index (χ3n) is 5.11. The van der Waals surface area contributed by atoms with Crippen molar-refractivity contribution in [2.75, 3.05) is 44.3 Å². The molecule has 0 radical (unpaired) electrons. The Morgan fingerprint density at radius 2 is 2.07 bits per heavy atom. The molecular weight excluding hydrogens is 362 g/mol. The van der Waals surface area contributed by atoms with E-state index < -0.39 is 0 Å². The molecule has 9 heteroatoms. The molecule has 0 aliphatic carbocycles. The highest BCUT2D eigenvalue weighted by Gasteiger charge is 2.28. The van der Waals surface area contributed by atoms with Crippen LogP contribution in [0.25, 0.3) is 22.6 Å². The Morgan fingerprint density at radius 1 is 1.25 bits per heavy atom. The van der Waals surface area contributed by atoms with E-state index in [4.69, 9.17) is 13.9 Å². The van der Waals surface area contributed by atoms with Crippen LogP contribution >= 0.6 is 0 Å². The second kappa shape index (κ2) is 6.83. The summed E-state index contributed by atoms with van der Waals surface area (Å²) in [7, 11) is 0. The van der Waals surface area contributed by atoms with Crippen molar-refractivity contribution in [2.24, 2.45) is 0 Å². The highest BCUT2D eigenvalue weighted by atomic mass is 16.6. The molecule has 1 N–H and O–H groups in total. The molecule has 1 amide bonds. The predicted octanol–water partition coefficient (Wildman–Crippen LogP) is 2.18. The summed E-state index contributed by atoms with van der Waals surface area (Å²) in [6.45, 7) is 5.56. The van der Waals surface area contributed by atoms with Crippen molar-refractivity contribution in [3.63, 3.8) is 0 Å². The number of fused-ring (bicyclic) bond motifs is 1. The van der Waals surface area contributed by atoms with Gasteiger partial charge in [0.1, 0.15) is 17.1 Å². The molecule has 0 unspecified atom stereocenters. The van der Waals surface area contributed by atoms with Crippen molar-refractivity contribution >= 4 is 22.8 Å². The van der Waals surface area contributed by atoms with E-state index in [9.17, 15) is 4.79 Å². The van der Waals surface area contributed by atoms with Gasteiger partial charge in [-0.1, -0.05) is 0 Å². The fraction of sp³-hybridized carbons (Fsp3) is 0.421. The summed E-state index contributed by atoms with van der Waals surface area (Å²) in [4.78, 5) is 28.2. The minimum Gasteiger partial charge on any atom is -0.441 e. The van der Waals surface area contributed by atoms with Crippen LogP contribution in [0.3, 0.4) is 0 Å². The van der Waals surface area contributed by atoms with E-state index in [2.05, 4.69) is 19.9 Å². The van der Waals surface area contributed by atoms with Crippen molar-refractivity contribution in [1.29, 1.82) is 0 Å². The van der Waals surface area contributed by atoms with Gasteiger partial charge in [-0.15, -0.1) is 0 Å². The first-order valence-corrected chi connectivity index (χ1v) is 9.36. The lowest BCUT2D eigenvalue weighted by Gasteiger charge is -2.37. The lowest BCUT2D eigenvalue weighted by atomic mass is 10.2. The van der Waals surface area contributed by atoms with Gasteiger partial charge in [-0.3, -0.25) is 0 Å². The number of H-pyrrole nitrogens is 1. The minimum atomic E-state index is -0.254. The van der Waals surface area contributed by atoms with E-state index in [1.165, 1.54) is 0 Å². The maximum Gasteiger partial charge on any atom is 0.410 e. The predicted molar refractivity (Wildman–Crippen MR) is 101 cm³/mol. The van der Waals surface area contributed by atoms with E-state index in [0.717, 1.165) is 41.3 Å². The Morgan fingerprint density at radius 3 is 2.75 bits per heavy atom. The number of aromatic amines is 1. The van der Waals surface area contributed by atoms with Gasteiger partial charge in [0.25, 0.3) is 0 Å². The SMILES string of the molecule is Cc1cnc(-c2cc3c(N4CCN(C(=O)OC5COC5)CC4)ccnc3[nH]2)o1. The van der Waals surface area contributed by atoms with Gasteiger partial charge in [0.05, 0.1) is 19.4 Å². The Balaban J connectivity index is 1.32. The van der Waals surface area contributed by atoms with Crippen molar-refractivity contribution in [2.45, 2.75) is 13.0 Å². The van der Waals surface area contributed by atoms with Crippen LogP contribution in [0.5, 0.6) is 0 Å². The molecule has 0 bridgehead atoms. The number of hydrogen-bond donors (Lipinski definition) is 1. The van der Waals surface area contributed by atoms with Crippen LogP contribution in [-0.2, 0) is 9.47 Å². The summed E-state index contributed by atoms with van der Waals surface area (Å²) in [5, 5.41) is 1.01. The molecule has 3 aromatic rings. The molecule has 2 aliphatic rings. The van der Waals surface area contributed by atoms with Gasteiger partial charge in [0, 0.05) is 43.4 Å². The molecule has 2 saturated heterocycles. The topological polar surface area (TPSA) is 96.7 Å². The number of amides is 1. The standard InChI is InChI=1S/C19H21N5O4/c1-12-9-21-18(27-12)15-8-14-16(2-3-20-17(14)22-15)23-4-6-24(7-5-23)19(25)28-13-10-26-11-13/h2-3,8-9,13H,4-7,10-11H2,1H3,(H,20,22). The van der Waals surface area contributed by atoms with Crippen LogP contribution < -0.4 is 4.90 Å². The Bertz CT molecular complexity index is 1000. The smallest absolute Gasteiger partial charge is 0.410 e. The first-order chi connectivity index (χ1) is 13.7. The van der Waals surface area contributed by atoms with Crippen molar-refractivity contribution < 1.29 is 18.7 Å². The summed E-state index contributed by atoms with van der Waals surface area (Å²) < 4.78 is 16.1. The minimum absolute atomic E-state index is 0.0949. The number of nitrogens with one attached hydrogen (secondary N) is 1. The van der Waals surface area contributed by atoms with Gasteiger partial charge in [0.2, 0.25) is 5.89 Å². The average Bonchev–Trinajstić information content (AvgIpc) is 3.30. The number of ether oxygens (including phenoxy) is 2. The summed E-state index contributed by atoms with van der Waals surface area (Å²) in [5.41, 5.74) is 2.67. The Hall–Kier alpha value is -3.07. The fourth-order valence-corrected chi connectivity index (χ4v) is 3.51. The van der Waals surface area contributed by atoms with E-state index >= 15 is 0 Å². The number of aromatic nitrogens is 3. The van der Waals surface area contributed by atoms with Crippen molar-refractivity contribution in [3.8, 4) is 11.6 Å². The highest BCUT2D eigenvalue weighted by molar-refractivity contribution is 5.93. The number of piperazine rings is 1. The first kappa shape index (κ1) is 17.1. The number of rotatable bonds is 3. The largest absolute Gasteiger partial charge is 0.441 e. The van der Waals surface area contributed by atoms with Crippen LogP contribution in [0.2, 0.25) is 0 Å². The zero-order chi connectivity index (χ0) is 19.1. The Labute approximate surface area is 161 Å². The van der Waals surface area contributed by atoms with Crippen LogP contribution in [0, 0.1) is 6.92 Å². The van der Waals surface area contributed by atoms with E-state index in [-0.39, 0.29) is 12.2 Å². The van der Waals surface area contributed by atoms with Crippen LogP contribution in [0.15, 0.2) is 28.9 Å². The second-order valence-electron chi connectivity index (χ2n) is 7.07. The van der Waals surface area contributed by atoms with Gasteiger partial charge < -0.3 is 28.7 Å². The molecule has 9 nitrogen and oxygen atoms in total. The maximum atomic E-state index is 12.2. The molecule has 2 fully saturated rings. The van der Waals surface area contributed by atoms with Gasteiger partial charge in [-0.25, -0.2) is 14.8 Å². The normalized spacial score (nSPS) is 17.8. The lowest BCUT2D eigenvalue weighted by Crippen LogP contribution is -2.51. The van der Waals surface area contributed by atoms with Gasteiger partial charge in [0.15, 0.2) is 6.10 Å². The van der Waals surface area contributed by atoms with E-state index in [1.807, 2.05) is 19.1 Å². The third-order valence-corrected chi connectivity index (χ3v) is 5.11. The molecular formula is C19H21N5O4. The quantitative estimate of drug-likeness (QED) is 0.740. The molecule has 5 heterocycles. The summed E-state index contributed by atoms with van der Waals surface area (Å²) in [6, 6.07) is 4.01. The van der Waals surface area contributed by atoms with E-state index in [0.29, 0.717) is 32.2 Å². The van der Waals surface area contributed by atoms with Gasteiger partial charge in [-0.2, -0.15) is 0 Å². The summed E-state index contributed by atoms with van der Waals surface area (Å²) in [6.07, 6.45) is 3.14. The van der Waals surface area contributed by atoms with Gasteiger partial charge in [-0.05, 0) is 19.1 Å². The van der Waals surface area contributed by atoms with E-state index in [1.54, 1.807) is 17.3 Å². The fourth-order valence-electron chi connectivity index (χ4n) is 3.51. The van der Waals surface area contributed by atoms with Crippen LogP contribution in [0.1, 0.15) is 5.76 Å². The molecule has 0 saturated carbocycles. The third kappa shape index (κ3) is 3.07. The molecule has 5 rings (SSSR count). The number of aryl methyl sites for hydroxylation is 1. The zero-order valence-electron chi connectivity index (χ0n) is 15.6. The zero-order valence-corrected chi connectivity index (χ0v) is 15.6. The number of oxazole rings is 1. The first-order valence-electron chi connectivity index (χ1n) is 9.36. The molecule has 0 atom stereocenters. The molecule has 146 valence electrons. The molecule has 0 aromatic carbocycles. The second-order valence-corrected chi connectivity index (χ2v) is 7.07. The lowest BCUT2D eigenvalue weighted by molar-refractivity contribution is -0.104. The van der Waals surface area contributed by atoms with Crippen molar-refractivity contribution in [3.05, 3.63) is 30.3 Å². The van der Waals surface area contributed by atoms with Crippen molar-refractivity contribution in [1.82, 2.24) is 19.9 Å². The summed E-state index contributed by atoms with van der Waals surface area (Å²) >= 11 is 0. The highest BCUT2D eigenvalue weighted by Crippen LogP contribution is 2.30. The maximum absolute atomic E-state index is 12.2. The van der Waals surface area contributed by atoms with Crippen LogP contribution in [-0.4, -0.2) is 71.4 Å². The number of hydrogen-bond acceptors (Lipinski definition) is 7. The number of pyridine rings is 1. The number of carbonyl (C=O) groups is 1.